The van der Waals surface area contributed by atoms with Gasteiger partial charge in [0.05, 0.1) is 34.7 Å². The highest BCUT2D eigenvalue weighted by Crippen LogP contribution is 2.10. The Hall–Kier alpha value is -0.730. The molecule has 0 aliphatic rings. The van der Waals surface area contributed by atoms with E-state index < -0.39 is 0 Å². The molecule has 0 rings (SSSR count). The number of nitrogens with one attached hydrogen (secondary N) is 1. The van der Waals surface area contributed by atoms with Gasteiger partial charge in [-0.05, 0) is 6.42 Å². The van der Waals surface area contributed by atoms with Gasteiger partial charge in [0.2, 0.25) is 0 Å². The fourth-order valence-corrected chi connectivity index (χ4v) is 2.70. The summed E-state index contributed by atoms with van der Waals surface area (Å²) in [4.78, 5) is 2.31. The smallest absolute Gasteiger partial charge is 0.281 e. The lowest BCUT2D eigenvalue weighted by Crippen LogP contribution is -2.42. The van der Waals surface area contributed by atoms with Crippen LogP contribution in [0.3, 0.4) is 0 Å². The fourth-order valence-electron chi connectivity index (χ4n) is 2.70. The quantitative estimate of drug-likeness (QED) is 0.270. The molecule has 3 heteroatoms. The van der Waals surface area contributed by atoms with Crippen molar-refractivity contribution in [2.75, 3.05) is 34.7 Å². The van der Waals surface area contributed by atoms with Crippen LogP contribution in [0.25, 0.3) is 0 Å². The highest BCUT2D eigenvalue weighted by molar-refractivity contribution is 5.74. The zero-order valence-corrected chi connectivity index (χ0v) is 14.7. The lowest BCUT2D eigenvalue weighted by molar-refractivity contribution is -0.472. The molecule has 0 aliphatic heterocycles. The van der Waals surface area contributed by atoms with Crippen molar-refractivity contribution in [2.45, 2.75) is 71.1 Å². The van der Waals surface area contributed by atoms with E-state index in [1.807, 2.05) is 7.05 Å². The van der Waals surface area contributed by atoms with Gasteiger partial charge in [0, 0.05) is 0 Å². The Balaban J connectivity index is 3.42. The Labute approximate surface area is 127 Å². The van der Waals surface area contributed by atoms with Crippen LogP contribution in [0.2, 0.25) is 0 Å². The van der Waals surface area contributed by atoms with Crippen LogP contribution in [0.4, 0.5) is 0 Å². The van der Waals surface area contributed by atoms with E-state index in [1.165, 1.54) is 70.2 Å². The van der Waals surface area contributed by atoms with E-state index in [-0.39, 0.29) is 0 Å². The van der Waals surface area contributed by atoms with E-state index in [2.05, 4.69) is 42.9 Å². The first kappa shape index (κ1) is 19.3. The minimum absolute atomic E-state index is 1.14. The molecule has 0 radical (unpaired) electrons. The van der Waals surface area contributed by atoms with Crippen LogP contribution in [0, 0.1) is 0 Å². The molecule has 0 aromatic heterocycles. The molecule has 0 atom stereocenters. The first-order valence-electron chi connectivity index (χ1n) is 8.56. The molecular formula is C17H38N3+. The predicted octanol–water partition coefficient (Wildman–Crippen LogP) is 3.69. The molecule has 3 nitrogen and oxygen atoms in total. The van der Waals surface area contributed by atoms with E-state index in [1.54, 1.807) is 0 Å². The Bertz CT molecular complexity index is 245. The van der Waals surface area contributed by atoms with Crippen LogP contribution in [0.1, 0.15) is 71.1 Å². The Kier molecular flexibility index (Phi) is 12.8. The van der Waals surface area contributed by atoms with E-state index in [4.69, 9.17) is 0 Å². The van der Waals surface area contributed by atoms with Crippen LogP contribution >= 0.6 is 0 Å². The van der Waals surface area contributed by atoms with Gasteiger partial charge < -0.3 is 0 Å². The summed E-state index contributed by atoms with van der Waals surface area (Å²) in [5, 5.41) is 3.26. The highest BCUT2D eigenvalue weighted by Gasteiger charge is 2.11. The summed E-state index contributed by atoms with van der Waals surface area (Å²) in [6, 6.07) is 0. The largest absolute Gasteiger partial charge is 0.347 e. The highest BCUT2D eigenvalue weighted by atomic mass is 15.3. The lowest BCUT2D eigenvalue weighted by atomic mass is 10.1. The molecule has 0 bridgehead atoms. The molecule has 0 aromatic rings. The van der Waals surface area contributed by atoms with Gasteiger partial charge in [0.15, 0.2) is 0 Å². The summed E-state index contributed by atoms with van der Waals surface area (Å²) in [5.74, 6) is 1.20. The zero-order chi connectivity index (χ0) is 15.2. The van der Waals surface area contributed by atoms with Gasteiger partial charge >= 0.3 is 5.96 Å². The fraction of sp³-hybridized carbons (Fsp3) is 0.941. The zero-order valence-electron chi connectivity index (χ0n) is 14.7. The summed E-state index contributed by atoms with van der Waals surface area (Å²) in [5.41, 5.74) is 0. The average molecular weight is 285 g/mol. The monoisotopic (exact) mass is 284 g/mol. The van der Waals surface area contributed by atoms with E-state index in [0.29, 0.717) is 0 Å². The number of unbranched alkanes of at least 4 members (excludes halogenated alkanes) is 9. The molecule has 0 heterocycles. The van der Waals surface area contributed by atoms with Crippen molar-refractivity contribution in [1.29, 1.82) is 0 Å². The summed E-state index contributed by atoms with van der Waals surface area (Å²) < 4.78 is 2.14. The van der Waals surface area contributed by atoms with Crippen molar-refractivity contribution in [2.24, 2.45) is 0 Å². The van der Waals surface area contributed by atoms with Crippen LogP contribution in [-0.2, 0) is 0 Å². The SMILES string of the molecule is CCCCCCCCCCCCN(C)C(NC)=[N+](C)C. The predicted molar refractivity (Wildman–Crippen MR) is 90.6 cm³/mol. The van der Waals surface area contributed by atoms with Crippen LogP contribution < -0.4 is 5.32 Å². The molecule has 120 valence electrons. The second-order valence-electron chi connectivity index (χ2n) is 6.07. The van der Waals surface area contributed by atoms with Gasteiger partial charge in [-0.1, -0.05) is 64.7 Å². The number of hydrogen-bond acceptors (Lipinski definition) is 0. The number of guanidine groups is 1. The summed E-state index contributed by atoms with van der Waals surface area (Å²) in [6.07, 6.45) is 14.0. The molecule has 0 saturated carbocycles. The third-order valence-corrected chi connectivity index (χ3v) is 3.86. The van der Waals surface area contributed by atoms with Gasteiger partial charge in [0.1, 0.15) is 0 Å². The van der Waals surface area contributed by atoms with Gasteiger partial charge in [0.25, 0.3) is 0 Å². The molecule has 0 aliphatic carbocycles. The summed E-state index contributed by atoms with van der Waals surface area (Å²) in [7, 11) is 8.33. The van der Waals surface area contributed by atoms with E-state index in [9.17, 15) is 0 Å². The number of rotatable bonds is 11. The third-order valence-electron chi connectivity index (χ3n) is 3.86. The van der Waals surface area contributed by atoms with Crippen molar-refractivity contribution >= 4 is 5.96 Å². The lowest BCUT2D eigenvalue weighted by Gasteiger charge is -2.15. The minimum atomic E-state index is 1.14. The topological polar surface area (TPSA) is 18.3 Å². The van der Waals surface area contributed by atoms with Crippen LogP contribution in [0.5, 0.6) is 0 Å². The van der Waals surface area contributed by atoms with Gasteiger partial charge in [-0.3, -0.25) is 14.8 Å². The van der Waals surface area contributed by atoms with Gasteiger partial charge in [-0.25, -0.2) is 0 Å². The molecule has 0 aromatic carbocycles. The Morgan fingerprint density at radius 3 is 1.70 bits per heavy atom. The molecule has 0 unspecified atom stereocenters. The maximum absolute atomic E-state index is 3.26. The maximum Gasteiger partial charge on any atom is 0.347 e. The Morgan fingerprint density at radius 2 is 1.30 bits per heavy atom. The number of hydrogen-bond donors (Lipinski definition) is 1. The van der Waals surface area contributed by atoms with Crippen molar-refractivity contribution in [1.82, 2.24) is 10.2 Å². The van der Waals surface area contributed by atoms with Crippen molar-refractivity contribution in [3.8, 4) is 0 Å². The van der Waals surface area contributed by atoms with Crippen molar-refractivity contribution < 1.29 is 4.58 Å². The van der Waals surface area contributed by atoms with Crippen LogP contribution in [-0.4, -0.2) is 50.2 Å². The third kappa shape index (κ3) is 10.1. The van der Waals surface area contributed by atoms with Gasteiger partial charge in [-0.15, -0.1) is 0 Å². The second-order valence-corrected chi connectivity index (χ2v) is 6.07. The molecule has 0 spiro atoms. The molecule has 0 fully saturated rings. The second kappa shape index (κ2) is 13.3. The normalized spacial score (nSPS) is 10.4. The first-order valence-corrected chi connectivity index (χ1v) is 8.56. The minimum Gasteiger partial charge on any atom is -0.281 e. The first-order chi connectivity index (χ1) is 9.63. The van der Waals surface area contributed by atoms with Gasteiger partial charge in [-0.2, -0.15) is 0 Å². The van der Waals surface area contributed by atoms with Crippen LogP contribution in [0.15, 0.2) is 0 Å². The Morgan fingerprint density at radius 1 is 0.850 bits per heavy atom. The molecule has 20 heavy (non-hydrogen) atoms. The van der Waals surface area contributed by atoms with Crippen molar-refractivity contribution in [3.05, 3.63) is 0 Å². The number of nitrogens with zero attached hydrogens (tertiary/aromatic N) is 2. The summed E-state index contributed by atoms with van der Waals surface area (Å²) >= 11 is 0. The van der Waals surface area contributed by atoms with E-state index >= 15 is 0 Å². The standard InChI is InChI=1S/C17H37N3/c1-6-7-8-9-10-11-12-13-14-15-16-20(5)17(18-2)19(3)4/h6-16H2,1-5H3/p+1. The average Bonchev–Trinajstić information content (AvgIpc) is 2.41. The molecule has 0 saturated heterocycles. The maximum atomic E-state index is 3.26. The molecule has 1 N–H and O–H groups in total. The van der Waals surface area contributed by atoms with E-state index in [0.717, 1.165) is 6.54 Å². The van der Waals surface area contributed by atoms with Crippen molar-refractivity contribution in [3.63, 3.8) is 0 Å². The molecule has 0 amide bonds. The molecular weight excluding hydrogens is 246 g/mol. The summed E-state index contributed by atoms with van der Waals surface area (Å²) in [6.45, 7) is 3.43.